The Morgan fingerprint density at radius 2 is 1.94 bits per heavy atom. The van der Waals surface area contributed by atoms with Crippen molar-refractivity contribution in [2.45, 2.75) is 20.4 Å². The van der Waals surface area contributed by atoms with Crippen LogP contribution in [0.1, 0.15) is 15.6 Å². The second-order valence-electron chi connectivity index (χ2n) is 3.61. The third-order valence-corrected chi connectivity index (χ3v) is 4.15. The van der Waals surface area contributed by atoms with Gasteiger partial charge >= 0.3 is 0 Å². The summed E-state index contributed by atoms with van der Waals surface area (Å²) >= 11 is 4.07. The molecule has 0 unspecified atom stereocenters. The lowest BCUT2D eigenvalue weighted by Gasteiger charge is -2.03. The number of hydrogen-bond acceptors (Lipinski definition) is 3. The Bertz CT molecular complexity index is 457. The number of halogens is 1. The summed E-state index contributed by atoms with van der Waals surface area (Å²) in [5.41, 5.74) is 2.29. The van der Waals surface area contributed by atoms with Crippen LogP contribution in [0.5, 0.6) is 0 Å². The lowest BCUT2D eigenvalue weighted by Crippen LogP contribution is -1.98. The smallest absolute Gasteiger partial charge is 0.112 e. The predicted octanol–water partition coefficient (Wildman–Crippen LogP) is 3.98. The lowest BCUT2D eigenvalue weighted by atomic mass is 10.3. The van der Waals surface area contributed by atoms with E-state index in [0.717, 1.165) is 22.9 Å². The zero-order valence-corrected chi connectivity index (χ0v) is 12.2. The zero-order chi connectivity index (χ0) is 11.5. The Labute approximate surface area is 113 Å². The Hall–Kier alpha value is -0.620. The average Bonchev–Trinajstić information content (AvgIpc) is 2.58. The first-order chi connectivity index (χ1) is 7.65. The van der Waals surface area contributed by atoms with Crippen molar-refractivity contribution in [3.8, 4) is 0 Å². The van der Waals surface area contributed by atoms with Gasteiger partial charge in [-0.1, -0.05) is 0 Å². The summed E-state index contributed by atoms with van der Waals surface area (Å²) in [7, 11) is 0. The standard InChI is InChI=1S/C12H13IN2S/c1-8-9(2)16-12(15-8)7-14-11-5-3-10(13)4-6-11/h3-6,14H,7H2,1-2H3. The highest BCUT2D eigenvalue weighted by atomic mass is 127. The Kier molecular flexibility index (Phi) is 3.81. The summed E-state index contributed by atoms with van der Waals surface area (Å²) in [4.78, 5) is 5.80. The highest BCUT2D eigenvalue weighted by Crippen LogP contribution is 2.18. The summed E-state index contributed by atoms with van der Waals surface area (Å²) in [6.07, 6.45) is 0. The fraction of sp³-hybridized carbons (Fsp3) is 0.250. The van der Waals surface area contributed by atoms with Crippen molar-refractivity contribution in [3.05, 3.63) is 43.4 Å². The van der Waals surface area contributed by atoms with Gasteiger partial charge < -0.3 is 5.32 Å². The second kappa shape index (κ2) is 5.14. The molecule has 1 aromatic heterocycles. The molecule has 0 spiro atoms. The number of hydrogen-bond donors (Lipinski definition) is 1. The van der Waals surface area contributed by atoms with Gasteiger partial charge in [-0.2, -0.15) is 0 Å². The number of aromatic nitrogens is 1. The van der Waals surface area contributed by atoms with E-state index < -0.39 is 0 Å². The van der Waals surface area contributed by atoms with Gasteiger partial charge in [-0.25, -0.2) is 4.98 Å². The van der Waals surface area contributed by atoms with Crippen LogP contribution in [0.25, 0.3) is 0 Å². The minimum absolute atomic E-state index is 0.805. The minimum atomic E-state index is 0.805. The van der Waals surface area contributed by atoms with Crippen LogP contribution in [-0.2, 0) is 6.54 Å². The van der Waals surface area contributed by atoms with E-state index in [1.54, 1.807) is 11.3 Å². The average molecular weight is 344 g/mol. The Morgan fingerprint density at radius 3 is 2.50 bits per heavy atom. The summed E-state index contributed by atoms with van der Waals surface area (Å²) in [5.74, 6) is 0. The number of nitrogens with zero attached hydrogens (tertiary/aromatic N) is 1. The summed E-state index contributed by atoms with van der Waals surface area (Å²) in [6, 6.07) is 8.38. The lowest BCUT2D eigenvalue weighted by molar-refractivity contribution is 1.07. The Morgan fingerprint density at radius 1 is 1.25 bits per heavy atom. The van der Waals surface area contributed by atoms with Crippen molar-refractivity contribution < 1.29 is 0 Å². The van der Waals surface area contributed by atoms with Gasteiger partial charge in [0.15, 0.2) is 0 Å². The highest BCUT2D eigenvalue weighted by Gasteiger charge is 2.02. The number of nitrogens with one attached hydrogen (secondary N) is 1. The molecule has 1 N–H and O–H groups in total. The maximum atomic E-state index is 4.50. The van der Waals surface area contributed by atoms with E-state index in [-0.39, 0.29) is 0 Å². The van der Waals surface area contributed by atoms with Crippen molar-refractivity contribution in [1.29, 1.82) is 0 Å². The van der Waals surface area contributed by atoms with Crippen LogP contribution < -0.4 is 5.32 Å². The first-order valence-corrected chi connectivity index (χ1v) is 6.97. The van der Waals surface area contributed by atoms with Gasteiger partial charge in [-0.15, -0.1) is 11.3 Å². The molecule has 0 aliphatic rings. The molecule has 0 saturated heterocycles. The quantitative estimate of drug-likeness (QED) is 0.852. The maximum Gasteiger partial charge on any atom is 0.112 e. The van der Waals surface area contributed by atoms with Crippen LogP contribution >= 0.6 is 33.9 Å². The number of thiazole rings is 1. The maximum absolute atomic E-state index is 4.50. The molecule has 84 valence electrons. The van der Waals surface area contributed by atoms with Gasteiger partial charge in [0.05, 0.1) is 12.2 Å². The molecule has 0 aliphatic heterocycles. The summed E-state index contributed by atoms with van der Waals surface area (Å²) in [5, 5.41) is 4.52. The van der Waals surface area contributed by atoms with Crippen LogP contribution in [0.2, 0.25) is 0 Å². The van der Waals surface area contributed by atoms with Crippen molar-refractivity contribution >= 4 is 39.6 Å². The van der Waals surface area contributed by atoms with Gasteiger partial charge in [0.1, 0.15) is 5.01 Å². The Balaban J connectivity index is 1.99. The minimum Gasteiger partial charge on any atom is -0.379 e. The molecule has 0 fully saturated rings. The molecule has 0 saturated carbocycles. The molecule has 1 heterocycles. The first-order valence-electron chi connectivity index (χ1n) is 5.07. The third-order valence-electron chi connectivity index (χ3n) is 2.36. The highest BCUT2D eigenvalue weighted by molar-refractivity contribution is 14.1. The van der Waals surface area contributed by atoms with Gasteiger partial charge in [-0.05, 0) is 60.7 Å². The number of rotatable bonds is 3. The molecule has 2 nitrogen and oxygen atoms in total. The second-order valence-corrected chi connectivity index (χ2v) is 6.14. The molecular formula is C12H13IN2S. The van der Waals surface area contributed by atoms with Crippen molar-refractivity contribution in [2.75, 3.05) is 5.32 Å². The largest absolute Gasteiger partial charge is 0.379 e. The topological polar surface area (TPSA) is 24.9 Å². The number of aryl methyl sites for hydroxylation is 2. The van der Waals surface area contributed by atoms with E-state index >= 15 is 0 Å². The molecule has 0 radical (unpaired) electrons. The molecule has 0 aliphatic carbocycles. The van der Waals surface area contributed by atoms with Gasteiger partial charge in [0.25, 0.3) is 0 Å². The fourth-order valence-corrected chi connectivity index (χ4v) is 2.59. The SMILES string of the molecule is Cc1nc(CNc2ccc(I)cc2)sc1C. The van der Waals surface area contributed by atoms with Crippen molar-refractivity contribution in [2.24, 2.45) is 0 Å². The molecule has 0 amide bonds. The van der Waals surface area contributed by atoms with E-state index in [9.17, 15) is 0 Å². The fourth-order valence-electron chi connectivity index (χ4n) is 1.36. The predicted molar refractivity (Wildman–Crippen MR) is 78.1 cm³/mol. The summed E-state index contributed by atoms with van der Waals surface area (Å²) < 4.78 is 1.25. The van der Waals surface area contributed by atoms with E-state index in [4.69, 9.17) is 0 Å². The first kappa shape index (κ1) is 11.9. The molecule has 4 heteroatoms. The van der Waals surface area contributed by atoms with E-state index in [2.05, 4.69) is 71.0 Å². The van der Waals surface area contributed by atoms with Crippen LogP contribution in [0.3, 0.4) is 0 Å². The van der Waals surface area contributed by atoms with Crippen molar-refractivity contribution in [1.82, 2.24) is 4.98 Å². The van der Waals surface area contributed by atoms with Gasteiger partial charge in [0, 0.05) is 14.1 Å². The van der Waals surface area contributed by atoms with Gasteiger partial charge in [-0.3, -0.25) is 0 Å². The molecule has 0 atom stereocenters. The van der Waals surface area contributed by atoms with E-state index in [0.29, 0.717) is 0 Å². The molecule has 2 aromatic rings. The number of benzene rings is 1. The third kappa shape index (κ3) is 2.95. The molecule has 2 rings (SSSR count). The normalized spacial score (nSPS) is 10.4. The van der Waals surface area contributed by atoms with Crippen LogP contribution in [0, 0.1) is 17.4 Å². The van der Waals surface area contributed by atoms with Crippen molar-refractivity contribution in [3.63, 3.8) is 0 Å². The monoisotopic (exact) mass is 344 g/mol. The van der Waals surface area contributed by atoms with Crippen LogP contribution in [0.15, 0.2) is 24.3 Å². The zero-order valence-electron chi connectivity index (χ0n) is 9.25. The van der Waals surface area contributed by atoms with Crippen LogP contribution in [0.4, 0.5) is 5.69 Å². The molecule has 0 bridgehead atoms. The molecule has 1 aromatic carbocycles. The van der Waals surface area contributed by atoms with Crippen LogP contribution in [-0.4, -0.2) is 4.98 Å². The van der Waals surface area contributed by atoms with Gasteiger partial charge in [0.2, 0.25) is 0 Å². The van der Waals surface area contributed by atoms with E-state index in [1.165, 1.54) is 8.45 Å². The summed E-state index contributed by atoms with van der Waals surface area (Å²) in [6.45, 7) is 4.97. The molecule has 16 heavy (non-hydrogen) atoms. The van der Waals surface area contributed by atoms with E-state index in [1.807, 2.05) is 0 Å². The number of anilines is 1. The molecular weight excluding hydrogens is 331 g/mol.